The quantitative estimate of drug-likeness (QED) is 0.873. The fraction of sp³-hybridized carbons (Fsp3) is 0.778. The van der Waals surface area contributed by atoms with Crippen molar-refractivity contribution in [2.24, 2.45) is 5.73 Å². The van der Waals surface area contributed by atoms with Crippen LogP contribution in [0.25, 0.3) is 0 Å². The van der Waals surface area contributed by atoms with Crippen molar-refractivity contribution in [1.82, 2.24) is 15.0 Å². The summed E-state index contributed by atoms with van der Waals surface area (Å²) in [6.45, 7) is 2.27. The molecule has 98 valence electrons. The van der Waals surface area contributed by atoms with Gasteiger partial charge in [-0.3, -0.25) is 4.90 Å². The largest absolute Gasteiger partial charge is 0.401 e. The Morgan fingerprint density at radius 3 is 2.35 bits per heavy atom. The zero-order valence-electron chi connectivity index (χ0n) is 9.88. The second kappa shape index (κ2) is 4.61. The molecule has 0 aromatic carbocycles. The number of rotatable bonds is 4. The van der Waals surface area contributed by atoms with Crippen molar-refractivity contribution in [2.45, 2.75) is 32.1 Å². The second-order valence-corrected chi connectivity index (χ2v) is 4.52. The molecule has 1 heterocycles. The fourth-order valence-corrected chi connectivity index (χ4v) is 1.17. The first-order valence-electron chi connectivity index (χ1n) is 4.95. The second-order valence-electron chi connectivity index (χ2n) is 4.52. The maximum atomic E-state index is 12.1. The molecule has 0 bridgehead atoms. The average molecular weight is 252 g/mol. The lowest BCUT2D eigenvalue weighted by atomic mass is 10.1. The Bertz CT molecular complexity index is 369. The Labute approximate surface area is 96.8 Å². The highest BCUT2D eigenvalue weighted by atomic mass is 19.4. The molecule has 0 unspecified atom stereocenters. The number of hydrogen-bond acceptors (Lipinski definition) is 5. The van der Waals surface area contributed by atoms with Gasteiger partial charge in [-0.1, -0.05) is 5.16 Å². The predicted octanol–water partition coefficient (Wildman–Crippen LogP) is 1.26. The lowest BCUT2D eigenvalue weighted by Gasteiger charge is -2.16. The van der Waals surface area contributed by atoms with Gasteiger partial charge in [0.25, 0.3) is 0 Å². The lowest BCUT2D eigenvalue weighted by molar-refractivity contribution is -0.144. The zero-order chi connectivity index (χ0) is 13.3. The van der Waals surface area contributed by atoms with Crippen LogP contribution in [0.4, 0.5) is 13.2 Å². The minimum atomic E-state index is -4.25. The van der Waals surface area contributed by atoms with E-state index in [4.69, 9.17) is 10.3 Å². The summed E-state index contributed by atoms with van der Waals surface area (Å²) in [5.74, 6) is 0.387. The summed E-state index contributed by atoms with van der Waals surface area (Å²) in [7, 11) is 1.32. The molecule has 0 aliphatic heterocycles. The van der Waals surface area contributed by atoms with Gasteiger partial charge < -0.3 is 10.3 Å². The Balaban J connectivity index is 2.61. The third-order valence-electron chi connectivity index (χ3n) is 1.90. The summed E-state index contributed by atoms with van der Waals surface area (Å²) in [6, 6.07) is 0. The summed E-state index contributed by atoms with van der Waals surface area (Å²) in [5, 5.41) is 3.62. The number of nitrogens with zero attached hydrogens (tertiary/aromatic N) is 3. The van der Waals surface area contributed by atoms with E-state index in [0.717, 1.165) is 4.90 Å². The van der Waals surface area contributed by atoms with Crippen LogP contribution in [0.1, 0.15) is 25.6 Å². The maximum absolute atomic E-state index is 12.1. The molecule has 0 spiro atoms. The van der Waals surface area contributed by atoms with Gasteiger partial charge in [0.15, 0.2) is 5.82 Å². The van der Waals surface area contributed by atoms with Crippen molar-refractivity contribution < 1.29 is 17.7 Å². The molecule has 0 aliphatic rings. The Hall–Kier alpha value is -1.15. The van der Waals surface area contributed by atoms with Crippen molar-refractivity contribution in [3.8, 4) is 0 Å². The van der Waals surface area contributed by atoms with Gasteiger partial charge in [-0.25, -0.2) is 0 Å². The molecule has 0 fully saturated rings. The van der Waals surface area contributed by atoms with Gasteiger partial charge in [0, 0.05) is 0 Å². The van der Waals surface area contributed by atoms with Crippen LogP contribution in [0.2, 0.25) is 0 Å². The Kier molecular flexibility index (Phi) is 3.78. The molecule has 1 aromatic rings. The van der Waals surface area contributed by atoms with Crippen LogP contribution in [0.15, 0.2) is 4.52 Å². The van der Waals surface area contributed by atoms with Crippen molar-refractivity contribution in [1.29, 1.82) is 0 Å². The molecule has 1 rings (SSSR count). The fourth-order valence-electron chi connectivity index (χ4n) is 1.17. The van der Waals surface area contributed by atoms with Gasteiger partial charge in [0.1, 0.15) is 0 Å². The van der Waals surface area contributed by atoms with Crippen molar-refractivity contribution in [3.05, 3.63) is 11.7 Å². The van der Waals surface area contributed by atoms with E-state index >= 15 is 0 Å². The van der Waals surface area contributed by atoms with Crippen molar-refractivity contribution in [3.63, 3.8) is 0 Å². The van der Waals surface area contributed by atoms with Gasteiger partial charge in [0.05, 0.1) is 18.6 Å². The number of halogens is 3. The van der Waals surface area contributed by atoms with E-state index in [2.05, 4.69) is 10.1 Å². The van der Waals surface area contributed by atoms with Crippen LogP contribution in [0, 0.1) is 0 Å². The molecule has 8 heteroatoms. The van der Waals surface area contributed by atoms with E-state index in [0.29, 0.717) is 0 Å². The Morgan fingerprint density at radius 2 is 1.94 bits per heavy atom. The molecule has 0 aliphatic carbocycles. The van der Waals surface area contributed by atoms with Crippen molar-refractivity contribution in [2.75, 3.05) is 13.6 Å². The van der Waals surface area contributed by atoms with Crippen LogP contribution in [-0.4, -0.2) is 34.8 Å². The molecular formula is C9H15F3N4O. The normalized spacial score (nSPS) is 13.4. The molecule has 0 saturated carbocycles. The smallest absolute Gasteiger partial charge is 0.338 e. The predicted molar refractivity (Wildman–Crippen MR) is 53.9 cm³/mol. The van der Waals surface area contributed by atoms with Gasteiger partial charge in [-0.05, 0) is 20.9 Å². The summed E-state index contributed by atoms with van der Waals surface area (Å²) in [4.78, 5) is 4.98. The summed E-state index contributed by atoms with van der Waals surface area (Å²) in [5.41, 5.74) is 4.95. The van der Waals surface area contributed by atoms with Crippen LogP contribution in [0.5, 0.6) is 0 Å². The monoisotopic (exact) mass is 252 g/mol. The summed E-state index contributed by atoms with van der Waals surface area (Å²) < 4.78 is 41.1. The highest BCUT2D eigenvalue weighted by Gasteiger charge is 2.30. The van der Waals surface area contributed by atoms with Gasteiger partial charge >= 0.3 is 6.18 Å². The van der Waals surface area contributed by atoms with E-state index in [9.17, 15) is 13.2 Å². The first-order chi connectivity index (χ1) is 7.58. The van der Waals surface area contributed by atoms with Crippen LogP contribution < -0.4 is 5.73 Å². The highest BCUT2D eigenvalue weighted by Crippen LogP contribution is 2.17. The molecule has 0 radical (unpaired) electrons. The Morgan fingerprint density at radius 1 is 1.35 bits per heavy atom. The standard InChI is InChI=1S/C9H15F3N4O/c1-8(2,13)7-14-6(17-15-7)4-16(3)5-9(10,11)12/h4-5,13H2,1-3H3. The first-order valence-corrected chi connectivity index (χ1v) is 4.95. The minimum Gasteiger partial charge on any atom is -0.338 e. The number of nitrogens with two attached hydrogens (primary N) is 1. The third kappa shape index (κ3) is 4.70. The number of hydrogen-bond donors (Lipinski definition) is 1. The zero-order valence-corrected chi connectivity index (χ0v) is 9.88. The summed E-state index contributed by atoms with van der Waals surface area (Å²) >= 11 is 0. The van der Waals surface area contributed by atoms with E-state index < -0.39 is 18.3 Å². The molecule has 2 N–H and O–H groups in total. The summed E-state index contributed by atoms with van der Waals surface area (Å²) in [6.07, 6.45) is -4.25. The minimum absolute atomic E-state index is 0.0669. The molecule has 0 atom stereocenters. The molecule has 0 saturated heterocycles. The van der Waals surface area contributed by atoms with E-state index in [-0.39, 0.29) is 18.3 Å². The van der Waals surface area contributed by atoms with Gasteiger partial charge in [0.2, 0.25) is 5.89 Å². The van der Waals surface area contributed by atoms with Crippen LogP contribution >= 0.6 is 0 Å². The molecule has 17 heavy (non-hydrogen) atoms. The van der Waals surface area contributed by atoms with Crippen molar-refractivity contribution >= 4 is 0 Å². The molecule has 0 amide bonds. The van der Waals surface area contributed by atoms with Gasteiger partial charge in [-0.2, -0.15) is 18.2 Å². The molecule has 1 aromatic heterocycles. The SMILES string of the molecule is CN(Cc1nc(C(C)(C)N)no1)CC(F)(F)F. The van der Waals surface area contributed by atoms with Crippen LogP contribution in [-0.2, 0) is 12.1 Å². The maximum Gasteiger partial charge on any atom is 0.401 e. The van der Waals surface area contributed by atoms with E-state index in [1.807, 2.05) is 0 Å². The lowest BCUT2D eigenvalue weighted by Crippen LogP contribution is -2.31. The van der Waals surface area contributed by atoms with E-state index in [1.165, 1.54) is 7.05 Å². The topological polar surface area (TPSA) is 68.2 Å². The average Bonchev–Trinajstić information content (AvgIpc) is 2.47. The van der Waals surface area contributed by atoms with Crippen LogP contribution in [0.3, 0.4) is 0 Å². The number of aromatic nitrogens is 2. The van der Waals surface area contributed by atoms with E-state index in [1.54, 1.807) is 13.8 Å². The first kappa shape index (κ1) is 13.9. The molecule has 5 nitrogen and oxygen atoms in total. The van der Waals surface area contributed by atoms with Gasteiger partial charge in [-0.15, -0.1) is 0 Å². The highest BCUT2D eigenvalue weighted by molar-refractivity contribution is 4.98. The molecular weight excluding hydrogens is 237 g/mol. The number of alkyl halides is 3. The third-order valence-corrected chi connectivity index (χ3v) is 1.90.